The minimum Gasteiger partial charge on any atom is -0.248 e. The van der Waals surface area contributed by atoms with Crippen LogP contribution in [0.1, 0.15) is 36.2 Å². The fourth-order valence-electron chi connectivity index (χ4n) is 3.79. The van der Waals surface area contributed by atoms with E-state index >= 15 is 0 Å². The van der Waals surface area contributed by atoms with Crippen LogP contribution in [0.5, 0.6) is 0 Å². The highest BCUT2D eigenvalue weighted by Gasteiger charge is 2.34. The first kappa shape index (κ1) is 15.9. The first-order valence-corrected chi connectivity index (χ1v) is 8.79. The Hall–Kier alpha value is -1.64. The predicted octanol–water partition coefficient (Wildman–Crippen LogP) is 6.05. The van der Waals surface area contributed by atoms with Gasteiger partial charge in [-0.2, -0.15) is 0 Å². The molecule has 0 amide bonds. The lowest BCUT2D eigenvalue weighted by Crippen LogP contribution is -2.28. The first-order valence-electron chi connectivity index (χ1n) is 8.04. The van der Waals surface area contributed by atoms with Crippen LogP contribution in [0.3, 0.4) is 0 Å². The van der Waals surface area contributed by atoms with Crippen LogP contribution in [0.2, 0.25) is 10.0 Å². The Morgan fingerprint density at radius 2 is 1.54 bits per heavy atom. The Morgan fingerprint density at radius 1 is 0.917 bits per heavy atom. The smallest absolute Gasteiger partial charge is 0.0936 e. The first-order chi connectivity index (χ1) is 11.3. The summed E-state index contributed by atoms with van der Waals surface area (Å²) < 4.78 is 0. The zero-order valence-corrected chi connectivity index (χ0v) is 15.7. The van der Waals surface area contributed by atoms with Crippen molar-refractivity contribution < 1.29 is 0 Å². The summed E-state index contributed by atoms with van der Waals surface area (Å²) in [5.74, 6) is 0. The van der Waals surface area contributed by atoms with Crippen LogP contribution in [0, 0.1) is 13.8 Å². The quantitative estimate of drug-likeness (QED) is 0.489. The molecule has 2 aromatic carbocycles. The molecule has 1 aliphatic carbocycles. The summed E-state index contributed by atoms with van der Waals surface area (Å²) in [7, 11) is 0. The molecule has 1 heterocycles. The van der Waals surface area contributed by atoms with E-state index < -0.39 is 0 Å². The van der Waals surface area contributed by atoms with Crippen molar-refractivity contribution in [3.8, 4) is 11.3 Å². The normalized spacial score (nSPS) is 15.2. The Bertz CT molecular complexity index is 1010. The number of aryl methyl sites for hydroxylation is 2. The molecule has 24 heavy (non-hydrogen) atoms. The van der Waals surface area contributed by atoms with E-state index in [1.54, 1.807) is 12.1 Å². The van der Waals surface area contributed by atoms with Gasteiger partial charge in [-0.3, -0.25) is 0 Å². The van der Waals surface area contributed by atoms with Gasteiger partial charge in [-0.15, -0.1) is 0 Å². The molecule has 0 saturated heterocycles. The summed E-state index contributed by atoms with van der Waals surface area (Å²) in [6.45, 7) is 8.74. The topological polar surface area (TPSA) is 25.8 Å². The Morgan fingerprint density at radius 3 is 2.21 bits per heavy atom. The number of hydrogen-bond donors (Lipinski definition) is 0. The number of nitrogens with zero attached hydrogens (tertiary/aromatic N) is 2. The van der Waals surface area contributed by atoms with E-state index in [4.69, 9.17) is 33.2 Å². The second-order valence-corrected chi connectivity index (χ2v) is 8.17. The highest BCUT2D eigenvalue weighted by Crippen LogP contribution is 2.44. The summed E-state index contributed by atoms with van der Waals surface area (Å²) >= 11 is 12.3. The van der Waals surface area contributed by atoms with Crippen molar-refractivity contribution in [2.45, 2.75) is 39.5 Å². The van der Waals surface area contributed by atoms with Crippen LogP contribution in [-0.2, 0) is 11.8 Å². The molecule has 0 radical (unpaired) electrons. The van der Waals surface area contributed by atoms with Gasteiger partial charge in [0, 0.05) is 11.0 Å². The van der Waals surface area contributed by atoms with E-state index in [2.05, 4.69) is 39.8 Å². The zero-order chi connectivity index (χ0) is 17.2. The molecule has 4 heteroatoms. The molecule has 0 spiro atoms. The molecule has 0 atom stereocenters. The van der Waals surface area contributed by atoms with E-state index in [0.717, 1.165) is 28.8 Å². The Balaban J connectivity index is 2.11. The standard InChI is InChI=1S/C20H18Cl2N2/c1-10-5-11(2)17-12(6-10)9-20(3,4)19-18(17)23-15-7-13(21)14(22)8-16(15)24-19/h5-8H,9H2,1-4H3. The number of aromatic nitrogens is 2. The largest absolute Gasteiger partial charge is 0.248 e. The van der Waals surface area contributed by atoms with Gasteiger partial charge in [-0.25, -0.2) is 9.97 Å². The van der Waals surface area contributed by atoms with Gasteiger partial charge in [-0.05, 0) is 43.5 Å². The molecule has 2 nitrogen and oxygen atoms in total. The van der Waals surface area contributed by atoms with Gasteiger partial charge < -0.3 is 0 Å². The van der Waals surface area contributed by atoms with Crippen LogP contribution in [0.15, 0.2) is 24.3 Å². The molecular weight excluding hydrogens is 339 g/mol. The van der Waals surface area contributed by atoms with Gasteiger partial charge >= 0.3 is 0 Å². The van der Waals surface area contributed by atoms with Crippen LogP contribution in [-0.4, -0.2) is 9.97 Å². The summed E-state index contributed by atoms with van der Waals surface area (Å²) in [6, 6.07) is 8.09. The second-order valence-electron chi connectivity index (χ2n) is 7.35. The van der Waals surface area contributed by atoms with E-state index in [0.29, 0.717) is 10.0 Å². The lowest BCUT2D eigenvalue weighted by atomic mass is 9.73. The monoisotopic (exact) mass is 356 g/mol. The van der Waals surface area contributed by atoms with E-state index in [-0.39, 0.29) is 5.41 Å². The molecule has 1 aliphatic rings. The lowest BCUT2D eigenvalue weighted by molar-refractivity contribution is 0.499. The van der Waals surface area contributed by atoms with Crippen molar-refractivity contribution in [2.75, 3.05) is 0 Å². The number of rotatable bonds is 0. The molecule has 122 valence electrons. The Kier molecular flexibility index (Phi) is 3.42. The fourth-order valence-corrected chi connectivity index (χ4v) is 4.11. The summed E-state index contributed by atoms with van der Waals surface area (Å²) in [6.07, 6.45) is 0.958. The summed E-state index contributed by atoms with van der Waals surface area (Å²) in [5, 5.41) is 1.02. The minimum atomic E-state index is -0.0735. The molecule has 0 aliphatic heterocycles. The minimum absolute atomic E-state index is 0.0735. The van der Waals surface area contributed by atoms with Crippen LogP contribution in [0.25, 0.3) is 22.3 Å². The van der Waals surface area contributed by atoms with Crippen molar-refractivity contribution in [3.05, 3.63) is 56.7 Å². The van der Waals surface area contributed by atoms with Crippen molar-refractivity contribution in [1.29, 1.82) is 0 Å². The van der Waals surface area contributed by atoms with Gasteiger partial charge in [-0.1, -0.05) is 54.7 Å². The number of hydrogen-bond acceptors (Lipinski definition) is 2. The van der Waals surface area contributed by atoms with Gasteiger partial charge in [0.25, 0.3) is 0 Å². The van der Waals surface area contributed by atoms with Gasteiger partial charge in [0.15, 0.2) is 0 Å². The average Bonchev–Trinajstić information content (AvgIpc) is 2.46. The van der Waals surface area contributed by atoms with E-state index in [1.807, 2.05) is 0 Å². The van der Waals surface area contributed by atoms with Crippen molar-refractivity contribution in [1.82, 2.24) is 9.97 Å². The van der Waals surface area contributed by atoms with Crippen molar-refractivity contribution >= 4 is 34.2 Å². The van der Waals surface area contributed by atoms with Crippen LogP contribution >= 0.6 is 23.2 Å². The molecule has 1 aromatic heterocycles. The van der Waals surface area contributed by atoms with Gasteiger partial charge in [0.1, 0.15) is 0 Å². The maximum absolute atomic E-state index is 6.18. The van der Waals surface area contributed by atoms with Crippen LogP contribution in [0.4, 0.5) is 0 Å². The molecule has 3 aromatic rings. The molecule has 0 saturated carbocycles. The van der Waals surface area contributed by atoms with E-state index in [9.17, 15) is 0 Å². The third-order valence-corrected chi connectivity index (χ3v) is 5.50. The fraction of sp³-hybridized carbons (Fsp3) is 0.300. The van der Waals surface area contributed by atoms with E-state index in [1.165, 1.54) is 22.3 Å². The van der Waals surface area contributed by atoms with Crippen molar-refractivity contribution in [3.63, 3.8) is 0 Å². The predicted molar refractivity (Wildman–Crippen MR) is 101 cm³/mol. The number of benzene rings is 2. The van der Waals surface area contributed by atoms with Gasteiger partial charge in [0.05, 0.1) is 32.5 Å². The third kappa shape index (κ3) is 2.32. The summed E-state index contributed by atoms with van der Waals surface area (Å²) in [5.41, 5.74) is 8.61. The highest BCUT2D eigenvalue weighted by molar-refractivity contribution is 6.42. The molecule has 0 N–H and O–H groups in total. The second kappa shape index (κ2) is 5.18. The molecular formula is C20H18Cl2N2. The molecule has 0 unspecified atom stereocenters. The zero-order valence-electron chi connectivity index (χ0n) is 14.2. The molecule has 0 fully saturated rings. The summed E-state index contributed by atoms with van der Waals surface area (Å²) in [4.78, 5) is 9.87. The van der Waals surface area contributed by atoms with Gasteiger partial charge in [0.2, 0.25) is 0 Å². The molecule has 4 rings (SSSR count). The third-order valence-electron chi connectivity index (χ3n) is 4.78. The maximum Gasteiger partial charge on any atom is 0.0936 e. The highest BCUT2D eigenvalue weighted by atomic mass is 35.5. The SMILES string of the molecule is Cc1cc(C)c2c(c1)CC(C)(C)c1nc3cc(Cl)c(Cl)cc3nc1-2. The average molecular weight is 357 g/mol. The lowest BCUT2D eigenvalue weighted by Gasteiger charge is -2.33. The molecule has 0 bridgehead atoms. The maximum atomic E-state index is 6.18. The Labute approximate surface area is 151 Å². The van der Waals surface area contributed by atoms with Crippen molar-refractivity contribution in [2.24, 2.45) is 0 Å². The number of halogens is 2. The number of fused-ring (bicyclic) bond motifs is 4. The van der Waals surface area contributed by atoms with Crippen LogP contribution < -0.4 is 0 Å².